The van der Waals surface area contributed by atoms with Crippen LogP contribution in [0.15, 0.2) is 12.3 Å². The van der Waals surface area contributed by atoms with Crippen LogP contribution in [-0.4, -0.2) is 33.8 Å². The molecule has 1 heterocycles. The Hall–Kier alpha value is -1.36. The summed E-state index contributed by atoms with van der Waals surface area (Å²) in [7, 11) is 1.57. The molecule has 0 bridgehead atoms. The van der Waals surface area contributed by atoms with E-state index >= 15 is 0 Å². The number of anilines is 1. The summed E-state index contributed by atoms with van der Waals surface area (Å²) in [5.74, 6) is 1.09. The average Bonchev–Trinajstić information content (AvgIpc) is 2.15. The molecule has 1 aromatic rings. The second-order valence-corrected chi connectivity index (χ2v) is 4.17. The highest BCUT2D eigenvalue weighted by molar-refractivity contribution is 5.30. The van der Waals surface area contributed by atoms with Gasteiger partial charge in [0.1, 0.15) is 0 Å². The molecule has 1 fully saturated rings. The summed E-state index contributed by atoms with van der Waals surface area (Å²) >= 11 is 0. The molecule has 0 saturated heterocycles. The summed E-state index contributed by atoms with van der Waals surface area (Å²) in [4.78, 5) is 8.21. The van der Waals surface area contributed by atoms with E-state index in [1.54, 1.807) is 19.4 Å². The Balaban J connectivity index is 1.94. The van der Waals surface area contributed by atoms with E-state index in [4.69, 9.17) is 4.74 Å². The van der Waals surface area contributed by atoms with Gasteiger partial charge in [-0.3, -0.25) is 0 Å². The molecule has 1 aliphatic carbocycles. The molecule has 5 heteroatoms. The number of rotatable bonds is 3. The second-order valence-electron chi connectivity index (χ2n) is 4.17. The second kappa shape index (κ2) is 3.66. The fourth-order valence-corrected chi connectivity index (χ4v) is 1.81. The number of methoxy groups -OCH3 is 1. The molecule has 2 rings (SSSR count). The Morgan fingerprint density at radius 1 is 1.60 bits per heavy atom. The first kappa shape index (κ1) is 10.2. The lowest BCUT2D eigenvalue weighted by molar-refractivity contribution is -0.0236. The topological polar surface area (TPSA) is 67.3 Å². The van der Waals surface area contributed by atoms with Crippen molar-refractivity contribution in [2.24, 2.45) is 0 Å². The maximum Gasteiger partial charge on any atom is 0.226 e. The van der Waals surface area contributed by atoms with Crippen LogP contribution >= 0.6 is 0 Å². The highest BCUT2D eigenvalue weighted by atomic mass is 16.5. The number of nitrogens with zero attached hydrogens (tertiary/aromatic N) is 2. The van der Waals surface area contributed by atoms with E-state index in [0.717, 1.165) is 12.8 Å². The van der Waals surface area contributed by atoms with Crippen molar-refractivity contribution in [1.82, 2.24) is 9.97 Å². The lowest BCUT2D eigenvalue weighted by Crippen LogP contribution is -2.48. The molecule has 0 spiro atoms. The molecule has 0 aromatic carbocycles. The van der Waals surface area contributed by atoms with Gasteiger partial charge in [-0.25, -0.2) is 4.98 Å². The van der Waals surface area contributed by atoms with E-state index in [2.05, 4.69) is 15.3 Å². The first-order chi connectivity index (χ1) is 7.09. The van der Waals surface area contributed by atoms with Gasteiger partial charge in [0.05, 0.1) is 12.7 Å². The van der Waals surface area contributed by atoms with Gasteiger partial charge in [0.25, 0.3) is 0 Å². The molecule has 0 amide bonds. The van der Waals surface area contributed by atoms with Crippen molar-refractivity contribution in [2.45, 2.75) is 31.4 Å². The van der Waals surface area contributed by atoms with Gasteiger partial charge in [-0.15, -0.1) is 0 Å². The van der Waals surface area contributed by atoms with E-state index < -0.39 is 5.60 Å². The van der Waals surface area contributed by atoms with Crippen molar-refractivity contribution in [3.05, 3.63) is 12.3 Å². The molecular weight excluding hydrogens is 194 g/mol. The zero-order valence-corrected chi connectivity index (χ0v) is 8.90. The van der Waals surface area contributed by atoms with Crippen molar-refractivity contribution in [3.63, 3.8) is 0 Å². The molecule has 1 aromatic heterocycles. The van der Waals surface area contributed by atoms with Crippen LogP contribution in [0.1, 0.15) is 19.8 Å². The third-order valence-electron chi connectivity index (χ3n) is 2.54. The zero-order valence-electron chi connectivity index (χ0n) is 8.90. The molecule has 15 heavy (non-hydrogen) atoms. The summed E-state index contributed by atoms with van der Waals surface area (Å²) in [6.45, 7) is 1.83. The lowest BCUT2D eigenvalue weighted by Gasteiger charge is -2.41. The minimum atomic E-state index is -0.531. The normalized spacial score (nSPS) is 29.4. The van der Waals surface area contributed by atoms with Crippen molar-refractivity contribution in [3.8, 4) is 5.88 Å². The molecular formula is C10H15N3O2. The van der Waals surface area contributed by atoms with Gasteiger partial charge in [0.2, 0.25) is 11.8 Å². The van der Waals surface area contributed by atoms with E-state index in [0.29, 0.717) is 11.8 Å². The monoisotopic (exact) mass is 209 g/mol. The fraction of sp³-hybridized carbons (Fsp3) is 0.600. The lowest BCUT2D eigenvalue weighted by atomic mass is 9.77. The maximum absolute atomic E-state index is 9.56. The van der Waals surface area contributed by atoms with Crippen molar-refractivity contribution >= 4 is 5.95 Å². The van der Waals surface area contributed by atoms with Crippen molar-refractivity contribution < 1.29 is 9.84 Å². The van der Waals surface area contributed by atoms with Gasteiger partial charge in [-0.2, -0.15) is 4.98 Å². The Morgan fingerprint density at radius 2 is 2.33 bits per heavy atom. The summed E-state index contributed by atoms with van der Waals surface area (Å²) in [6.07, 6.45) is 3.10. The van der Waals surface area contributed by atoms with Crippen LogP contribution in [0.5, 0.6) is 5.88 Å². The van der Waals surface area contributed by atoms with Crippen LogP contribution in [0.25, 0.3) is 0 Å². The van der Waals surface area contributed by atoms with Crippen LogP contribution in [0.2, 0.25) is 0 Å². The Labute approximate surface area is 88.5 Å². The minimum Gasteiger partial charge on any atom is -0.481 e. The smallest absolute Gasteiger partial charge is 0.226 e. The van der Waals surface area contributed by atoms with Crippen LogP contribution in [0, 0.1) is 0 Å². The third-order valence-corrected chi connectivity index (χ3v) is 2.54. The number of hydrogen-bond acceptors (Lipinski definition) is 5. The number of aliphatic hydroxyl groups is 1. The number of aromatic nitrogens is 2. The average molecular weight is 209 g/mol. The van der Waals surface area contributed by atoms with Crippen LogP contribution in [0.4, 0.5) is 5.95 Å². The zero-order chi connectivity index (χ0) is 10.9. The Kier molecular flexibility index (Phi) is 2.48. The van der Waals surface area contributed by atoms with Crippen LogP contribution < -0.4 is 10.1 Å². The maximum atomic E-state index is 9.56. The molecule has 2 N–H and O–H groups in total. The van der Waals surface area contributed by atoms with Crippen molar-refractivity contribution in [1.29, 1.82) is 0 Å². The largest absolute Gasteiger partial charge is 0.481 e. The van der Waals surface area contributed by atoms with E-state index in [-0.39, 0.29) is 6.04 Å². The molecule has 1 aliphatic rings. The molecule has 0 atom stereocenters. The first-order valence-corrected chi connectivity index (χ1v) is 4.95. The van der Waals surface area contributed by atoms with Gasteiger partial charge in [0, 0.05) is 18.3 Å². The highest BCUT2D eigenvalue weighted by Gasteiger charge is 2.38. The van der Waals surface area contributed by atoms with Gasteiger partial charge >= 0.3 is 0 Å². The number of ether oxygens (including phenoxy) is 1. The Morgan fingerprint density at radius 3 is 2.93 bits per heavy atom. The van der Waals surface area contributed by atoms with Crippen molar-refractivity contribution in [2.75, 3.05) is 12.4 Å². The molecule has 0 radical (unpaired) electrons. The van der Waals surface area contributed by atoms with Gasteiger partial charge in [-0.1, -0.05) is 0 Å². The predicted molar refractivity (Wildman–Crippen MR) is 55.9 cm³/mol. The molecule has 0 unspecified atom stereocenters. The molecule has 1 saturated carbocycles. The third kappa shape index (κ3) is 2.36. The van der Waals surface area contributed by atoms with E-state index in [1.807, 2.05) is 6.92 Å². The standard InChI is InChI=1S/C10H15N3O2/c1-10(14)5-7(6-10)12-9-11-4-3-8(13-9)15-2/h3-4,7,14H,5-6H2,1-2H3,(H,11,12,13). The quantitative estimate of drug-likeness (QED) is 0.771. The first-order valence-electron chi connectivity index (χ1n) is 4.95. The summed E-state index contributed by atoms with van der Waals surface area (Å²) in [5.41, 5.74) is -0.531. The summed E-state index contributed by atoms with van der Waals surface area (Å²) < 4.78 is 4.99. The highest BCUT2D eigenvalue weighted by Crippen LogP contribution is 2.33. The number of hydrogen-bond donors (Lipinski definition) is 2. The van der Waals surface area contributed by atoms with E-state index in [1.165, 1.54) is 0 Å². The van der Waals surface area contributed by atoms with Crippen LogP contribution in [0.3, 0.4) is 0 Å². The predicted octanol–water partition coefficient (Wildman–Crippen LogP) is 0.810. The van der Waals surface area contributed by atoms with Gasteiger partial charge in [-0.05, 0) is 19.8 Å². The van der Waals surface area contributed by atoms with Gasteiger partial charge < -0.3 is 15.2 Å². The fourth-order valence-electron chi connectivity index (χ4n) is 1.81. The molecule has 82 valence electrons. The minimum absolute atomic E-state index is 0.257. The van der Waals surface area contributed by atoms with E-state index in [9.17, 15) is 5.11 Å². The van der Waals surface area contributed by atoms with Gasteiger partial charge in [0.15, 0.2) is 0 Å². The Bertz CT molecular complexity index is 346. The number of nitrogens with one attached hydrogen (secondary N) is 1. The van der Waals surface area contributed by atoms with Crippen LogP contribution in [-0.2, 0) is 0 Å². The molecule has 0 aliphatic heterocycles. The summed E-state index contributed by atoms with van der Waals surface area (Å²) in [6, 6.07) is 1.95. The SMILES string of the molecule is COc1ccnc(NC2CC(C)(O)C2)n1. The molecule has 5 nitrogen and oxygen atoms in total. The summed E-state index contributed by atoms with van der Waals surface area (Å²) in [5, 5.41) is 12.7.